The molecule has 168 valence electrons. The number of piperidine rings is 1. The number of rotatable bonds is 8. The Morgan fingerprint density at radius 3 is 2.62 bits per heavy atom. The number of aromatic amines is 1. The summed E-state index contributed by atoms with van der Waals surface area (Å²) in [7, 11) is 0. The zero-order valence-electron chi connectivity index (χ0n) is 19.1. The molecule has 3 N–H and O–H groups in total. The van der Waals surface area contributed by atoms with Gasteiger partial charge in [0.05, 0.1) is 11.6 Å². The molecule has 1 aliphatic rings. The number of pyridine rings is 2. The van der Waals surface area contributed by atoms with E-state index in [-0.39, 0.29) is 0 Å². The van der Waals surface area contributed by atoms with E-state index in [1.807, 2.05) is 31.5 Å². The lowest BCUT2D eigenvalue weighted by atomic mass is 9.88. The zero-order valence-corrected chi connectivity index (χ0v) is 19.1. The number of likely N-dealkylation sites (tertiary alicyclic amines) is 1. The molecule has 4 heterocycles. The molecule has 3 aromatic heterocycles. The van der Waals surface area contributed by atoms with E-state index in [2.05, 4.69) is 56.5 Å². The number of fused-ring (bicyclic) bond motifs is 1. The van der Waals surface area contributed by atoms with Crippen LogP contribution in [0.4, 0.5) is 17.5 Å². The van der Waals surface area contributed by atoms with Gasteiger partial charge >= 0.3 is 0 Å². The highest BCUT2D eigenvalue weighted by Gasteiger charge is 2.33. The lowest BCUT2D eigenvalue weighted by molar-refractivity contribution is 0.0735. The first-order chi connectivity index (χ1) is 15.6. The number of hydrogen-bond donors (Lipinski definition) is 3. The summed E-state index contributed by atoms with van der Waals surface area (Å²) in [6.45, 7) is 7.26. The monoisotopic (exact) mass is 432 g/mol. The van der Waals surface area contributed by atoms with Crippen LogP contribution in [-0.4, -0.2) is 49.5 Å². The fraction of sp³-hybridized carbons (Fsp3) is 0.500. The van der Waals surface area contributed by atoms with Gasteiger partial charge in [0.2, 0.25) is 0 Å². The number of aromatic nitrogens is 4. The number of imidazole rings is 1. The predicted octanol–water partition coefficient (Wildman–Crippen LogP) is 4.75. The van der Waals surface area contributed by atoms with E-state index in [4.69, 9.17) is 10.2 Å². The van der Waals surface area contributed by atoms with Gasteiger partial charge in [0.15, 0.2) is 0 Å². The normalized spacial score (nSPS) is 21.4. The molecule has 0 radical (unpaired) electrons. The Hall–Kier alpha value is -3.18. The molecule has 1 fully saturated rings. The summed E-state index contributed by atoms with van der Waals surface area (Å²) in [5, 5.41) is 17.1. The SMILES string of the molecule is CCC1CC(Nc2nc(Nc3c[nH]c(C)n3)cc3ncccc23)CC(CC)N1CCC#N. The molecule has 8 heteroatoms. The molecule has 0 spiro atoms. The summed E-state index contributed by atoms with van der Waals surface area (Å²) in [4.78, 5) is 19.5. The van der Waals surface area contributed by atoms with Gasteiger partial charge in [0.25, 0.3) is 0 Å². The third-order valence-electron chi connectivity index (χ3n) is 6.38. The first-order valence-electron chi connectivity index (χ1n) is 11.5. The van der Waals surface area contributed by atoms with E-state index in [0.717, 1.165) is 66.4 Å². The lowest BCUT2D eigenvalue weighted by Gasteiger charge is -2.45. The van der Waals surface area contributed by atoms with Gasteiger partial charge in [-0.3, -0.25) is 9.88 Å². The van der Waals surface area contributed by atoms with Crippen molar-refractivity contribution in [2.24, 2.45) is 0 Å². The summed E-state index contributed by atoms with van der Waals surface area (Å²) in [6, 6.07) is 9.55. The second-order valence-electron chi connectivity index (χ2n) is 8.51. The van der Waals surface area contributed by atoms with E-state index >= 15 is 0 Å². The summed E-state index contributed by atoms with van der Waals surface area (Å²) < 4.78 is 0. The smallest absolute Gasteiger partial charge is 0.149 e. The third kappa shape index (κ3) is 4.83. The summed E-state index contributed by atoms with van der Waals surface area (Å²) >= 11 is 0. The fourth-order valence-corrected chi connectivity index (χ4v) is 4.84. The summed E-state index contributed by atoms with van der Waals surface area (Å²) in [6.07, 6.45) is 8.47. The number of nitriles is 1. The van der Waals surface area contributed by atoms with Gasteiger partial charge in [-0.2, -0.15) is 5.26 Å². The van der Waals surface area contributed by atoms with Crippen LogP contribution in [0, 0.1) is 18.3 Å². The van der Waals surface area contributed by atoms with Crippen molar-refractivity contribution < 1.29 is 0 Å². The molecule has 0 saturated carbocycles. The van der Waals surface area contributed by atoms with E-state index in [9.17, 15) is 0 Å². The number of nitrogens with one attached hydrogen (secondary N) is 3. The Bertz CT molecular complexity index is 1070. The van der Waals surface area contributed by atoms with E-state index in [1.165, 1.54) is 0 Å². The van der Waals surface area contributed by atoms with Crippen LogP contribution in [0.5, 0.6) is 0 Å². The average molecular weight is 433 g/mol. The maximum Gasteiger partial charge on any atom is 0.149 e. The lowest BCUT2D eigenvalue weighted by Crippen LogP contribution is -2.52. The molecular formula is C24H32N8. The van der Waals surface area contributed by atoms with Crippen LogP contribution in [0.1, 0.15) is 51.8 Å². The highest BCUT2D eigenvalue weighted by molar-refractivity contribution is 5.91. The Morgan fingerprint density at radius 1 is 1.19 bits per heavy atom. The van der Waals surface area contributed by atoms with Crippen LogP contribution in [-0.2, 0) is 0 Å². The van der Waals surface area contributed by atoms with Crippen molar-refractivity contribution in [3.63, 3.8) is 0 Å². The number of aryl methyl sites for hydroxylation is 1. The second kappa shape index (κ2) is 9.96. The molecule has 32 heavy (non-hydrogen) atoms. The maximum atomic E-state index is 9.08. The van der Waals surface area contributed by atoms with Crippen LogP contribution in [0.2, 0.25) is 0 Å². The average Bonchev–Trinajstić information content (AvgIpc) is 3.21. The first kappa shape index (κ1) is 22.0. The van der Waals surface area contributed by atoms with Crippen molar-refractivity contribution in [3.8, 4) is 6.07 Å². The van der Waals surface area contributed by atoms with E-state index in [1.54, 1.807) is 0 Å². The van der Waals surface area contributed by atoms with Crippen LogP contribution in [0.3, 0.4) is 0 Å². The highest BCUT2D eigenvalue weighted by atomic mass is 15.2. The number of anilines is 3. The van der Waals surface area contributed by atoms with E-state index in [0.29, 0.717) is 24.5 Å². The van der Waals surface area contributed by atoms with Crippen LogP contribution in [0.25, 0.3) is 10.9 Å². The Labute approximate surface area is 189 Å². The maximum absolute atomic E-state index is 9.08. The van der Waals surface area contributed by atoms with Gasteiger partial charge in [-0.1, -0.05) is 13.8 Å². The van der Waals surface area contributed by atoms with Crippen molar-refractivity contribution in [2.75, 3.05) is 17.2 Å². The first-order valence-corrected chi connectivity index (χ1v) is 11.5. The van der Waals surface area contributed by atoms with Crippen molar-refractivity contribution in [1.29, 1.82) is 5.26 Å². The molecule has 1 aliphatic heterocycles. The molecular weight excluding hydrogens is 400 g/mol. The largest absolute Gasteiger partial charge is 0.367 e. The third-order valence-corrected chi connectivity index (χ3v) is 6.38. The zero-order chi connectivity index (χ0) is 22.5. The molecule has 8 nitrogen and oxygen atoms in total. The molecule has 0 aromatic carbocycles. The van der Waals surface area contributed by atoms with Gasteiger partial charge in [0.1, 0.15) is 23.3 Å². The van der Waals surface area contributed by atoms with Crippen LogP contribution >= 0.6 is 0 Å². The van der Waals surface area contributed by atoms with Crippen molar-refractivity contribution in [1.82, 2.24) is 24.8 Å². The number of hydrogen-bond acceptors (Lipinski definition) is 7. The fourth-order valence-electron chi connectivity index (χ4n) is 4.84. The highest BCUT2D eigenvalue weighted by Crippen LogP contribution is 2.31. The summed E-state index contributed by atoms with van der Waals surface area (Å²) in [5.74, 6) is 3.16. The van der Waals surface area contributed by atoms with Crippen LogP contribution < -0.4 is 10.6 Å². The number of H-pyrrole nitrogens is 1. The van der Waals surface area contributed by atoms with Gasteiger partial charge in [-0.15, -0.1) is 0 Å². The molecule has 1 saturated heterocycles. The second-order valence-corrected chi connectivity index (χ2v) is 8.51. The molecule has 0 amide bonds. The van der Waals surface area contributed by atoms with Crippen LogP contribution in [0.15, 0.2) is 30.6 Å². The molecule has 3 aromatic rings. The summed E-state index contributed by atoms with van der Waals surface area (Å²) in [5.41, 5.74) is 0.894. The minimum absolute atomic E-state index is 0.321. The Kier molecular flexibility index (Phi) is 6.86. The molecule has 2 unspecified atom stereocenters. The Balaban J connectivity index is 1.59. The predicted molar refractivity (Wildman–Crippen MR) is 128 cm³/mol. The van der Waals surface area contributed by atoms with Gasteiger partial charge < -0.3 is 15.6 Å². The molecule has 2 atom stereocenters. The van der Waals surface area contributed by atoms with Gasteiger partial charge in [0, 0.05) is 54.9 Å². The Morgan fingerprint density at radius 2 is 1.97 bits per heavy atom. The van der Waals surface area contributed by atoms with Crippen molar-refractivity contribution in [3.05, 3.63) is 36.4 Å². The standard InChI is InChI=1S/C24H32N8/c1-4-18-12-17(13-19(5-2)32(18)11-7-9-25)29-24-20-8-6-10-26-21(20)14-22(31-24)30-23-15-27-16(3)28-23/h6,8,10,14-15,17-19H,4-5,7,11-13H2,1-3H3,(H,27,28)(H2,29,30,31). The van der Waals surface area contributed by atoms with Crippen molar-refractivity contribution >= 4 is 28.4 Å². The number of nitrogens with zero attached hydrogens (tertiary/aromatic N) is 5. The quantitative estimate of drug-likeness (QED) is 0.471. The minimum Gasteiger partial charge on any atom is -0.367 e. The van der Waals surface area contributed by atoms with Gasteiger partial charge in [-0.25, -0.2) is 9.97 Å². The van der Waals surface area contributed by atoms with Gasteiger partial charge in [-0.05, 0) is 44.7 Å². The molecule has 0 aliphatic carbocycles. The molecule has 0 bridgehead atoms. The topological polar surface area (TPSA) is 106 Å². The molecule has 4 rings (SSSR count). The van der Waals surface area contributed by atoms with E-state index < -0.39 is 0 Å². The van der Waals surface area contributed by atoms with Crippen molar-refractivity contribution in [2.45, 2.75) is 71.0 Å². The minimum atomic E-state index is 0.321.